The van der Waals surface area contributed by atoms with E-state index in [2.05, 4.69) is 34.5 Å². The van der Waals surface area contributed by atoms with Gasteiger partial charge in [-0.1, -0.05) is 61.5 Å². The highest BCUT2D eigenvalue weighted by molar-refractivity contribution is 6.00. The summed E-state index contributed by atoms with van der Waals surface area (Å²) in [5.74, 6) is -0.521. The molecule has 2 fully saturated rings. The van der Waals surface area contributed by atoms with Crippen molar-refractivity contribution in [3.05, 3.63) is 77.9 Å². The van der Waals surface area contributed by atoms with Crippen LogP contribution in [-0.4, -0.2) is 68.4 Å². The molecule has 2 saturated heterocycles. The Balaban J connectivity index is 1.19. The Hall–Kier alpha value is -4.21. The van der Waals surface area contributed by atoms with Crippen molar-refractivity contribution < 1.29 is 28.6 Å². The monoisotopic (exact) mass is 555 g/mol. The fourth-order valence-electron chi connectivity index (χ4n) is 5.94. The number of para-hydroxylation sites is 1. The molecule has 9 heteroatoms. The van der Waals surface area contributed by atoms with Gasteiger partial charge in [-0.25, -0.2) is 4.79 Å². The molecule has 3 aromatic rings. The molecule has 0 bridgehead atoms. The van der Waals surface area contributed by atoms with Crippen LogP contribution in [0.5, 0.6) is 5.75 Å². The van der Waals surface area contributed by atoms with Crippen molar-refractivity contribution in [1.29, 1.82) is 0 Å². The molecule has 1 N–H and O–H groups in total. The number of carbonyl (C=O) groups excluding carboxylic acids is 3. The maximum Gasteiger partial charge on any atom is 0.411 e. The average molecular weight is 556 g/mol. The Labute approximate surface area is 239 Å². The molecule has 41 heavy (non-hydrogen) atoms. The van der Waals surface area contributed by atoms with Crippen LogP contribution in [0.4, 0.5) is 16.2 Å². The number of nitrogens with zero attached hydrogens (tertiary/aromatic N) is 2. The summed E-state index contributed by atoms with van der Waals surface area (Å²) < 4.78 is 16.9. The van der Waals surface area contributed by atoms with Gasteiger partial charge in [0.1, 0.15) is 6.61 Å². The van der Waals surface area contributed by atoms with Crippen LogP contribution in [-0.2, 0) is 19.1 Å². The van der Waals surface area contributed by atoms with Gasteiger partial charge in [0.05, 0.1) is 24.5 Å². The van der Waals surface area contributed by atoms with E-state index in [1.165, 1.54) is 0 Å². The molecule has 9 nitrogen and oxygen atoms in total. The fraction of sp³-hybridized carbons (Fsp3) is 0.344. The van der Waals surface area contributed by atoms with Gasteiger partial charge in [0.25, 0.3) is 0 Å². The van der Waals surface area contributed by atoms with Gasteiger partial charge in [-0.05, 0) is 40.8 Å². The molecule has 1 aliphatic carbocycles. The lowest BCUT2D eigenvalue weighted by Gasteiger charge is -2.37. The number of benzene rings is 3. The summed E-state index contributed by atoms with van der Waals surface area (Å²) in [4.78, 5) is 42.5. The predicted octanol–water partition coefficient (Wildman–Crippen LogP) is 4.80. The van der Waals surface area contributed by atoms with Crippen LogP contribution in [0.2, 0.25) is 0 Å². The highest BCUT2D eigenvalue weighted by Gasteiger charge is 2.34. The summed E-state index contributed by atoms with van der Waals surface area (Å²) in [6, 6.07) is 21.6. The van der Waals surface area contributed by atoms with Gasteiger partial charge >= 0.3 is 12.1 Å². The third-order valence-electron chi connectivity index (χ3n) is 8.04. The van der Waals surface area contributed by atoms with Crippen molar-refractivity contribution in [1.82, 2.24) is 4.90 Å². The molecule has 0 spiro atoms. The lowest BCUT2D eigenvalue weighted by molar-refractivity contribution is -0.134. The third-order valence-corrected chi connectivity index (χ3v) is 8.04. The number of hydrogen-bond donors (Lipinski definition) is 1. The minimum atomic E-state index is -0.671. The first-order chi connectivity index (χ1) is 20.0. The van der Waals surface area contributed by atoms with Gasteiger partial charge in [0, 0.05) is 38.1 Å². The van der Waals surface area contributed by atoms with E-state index in [0.717, 1.165) is 28.7 Å². The molecule has 0 saturated carbocycles. The molecule has 2 aliphatic heterocycles. The number of rotatable bonds is 7. The molecule has 0 unspecified atom stereocenters. The van der Waals surface area contributed by atoms with Crippen LogP contribution in [0.3, 0.4) is 0 Å². The van der Waals surface area contributed by atoms with E-state index in [-0.39, 0.29) is 48.9 Å². The lowest BCUT2D eigenvalue weighted by atomic mass is 9.98. The zero-order chi connectivity index (χ0) is 28.3. The second-order valence-electron chi connectivity index (χ2n) is 10.5. The van der Waals surface area contributed by atoms with Gasteiger partial charge in [-0.15, -0.1) is 0 Å². The Bertz CT molecular complexity index is 1420. The Morgan fingerprint density at radius 1 is 0.976 bits per heavy atom. The summed E-state index contributed by atoms with van der Waals surface area (Å²) >= 11 is 0. The van der Waals surface area contributed by atoms with Crippen LogP contribution in [0.1, 0.15) is 36.8 Å². The summed E-state index contributed by atoms with van der Waals surface area (Å²) in [6.07, 6.45) is 0.379. The average Bonchev–Trinajstić information content (AvgIpc) is 3.64. The number of amides is 2. The minimum Gasteiger partial charge on any atom is -0.448 e. The number of nitrogens with one attached hydrogen (secondary N) is 1. The van der Waals surface area contributed by atoms with Crippen LogP contribution >= 0.6 is 0 Å². The van der Waals surface area contributed by atoms with E-state index in [1.807, 2.05) is 24.3 Å². The number of esters is 1. The highest BCUT2D eigenvalue weighted by Crippen LogP contribution is 2.44. The highest BCUT2D eigenvalue weighted by atomic mass is 16.6. The number of hydrogen-bond acceptors (Lipinski definition) is 7. The molecule has 3 aromatic carbocycles. The lowest BCUT2D eigenvalue weighted by Crippen LogP contribution is -2.54. The third kappa shape index (κ3) is 5.42. The summed E-state index contributed by atoms with van der Waals surface area (Å²) in [5.41, 5.74) is 5.22. The molecule has 2 heterocycles. The molecule has 0 radical (unpaired) electrons. The molecule has 212 valence electrons. The van der Waals surface area contributed by atoms with E-state index in [4.69, 9.17) is 14.2 Å². The van der Waals surface area contributed by atoms with Crippen molar-refractivity contribution >= 4 is 29.3 Å². The van der Waals surface area contributed by atoms with Crippen LogP contribution in [0.25, 0.3) is 11.1 Å². The van der Waals surface area contributed by atoms with Crippen LogP contribution in [0, 0.1) is 0 Å². The van der Waals surface area contributed by atoms with Gasteiger partial charge in [0.15, 0.2) is 5.75 Å². The van der Waals surface area contributed by atoms with E-state index >= 15 is 0 Å². The first kappa shape index (κ1) is 27.0. The van der Waals surface area contributed by atoms with Crippen molar-refractivity contribution in [2.75, 3.05) is 49.7 Å². The smallest absolute Gasteiger partial charge is 0.411 e. The fourth-order valence-corrected chi connectivity index (χ4v) is 5.94. The van der Waals surface area contributed by atoms with E-state index in [9.17, 15) is 14.4 Å². The van der Waals surface area contributed by atoms with Crippen molar-refractivity contribution in [2.45, 2.75) is 31.7 Å². The van der Waals surface area contributed by atoms with E-state index in [0.29, 0.717) is 32.0 Å². The zero-order valence-electron chi connectivity index (χ0n) is 23.0. The Morgan fingerprint density at radius 3 is 2.37 bits per heavy atom. The van der Waals surface area contributed by atoms with E-state index in [1.54, 1.807) is 30.0 Å². The topological polar surface area (TPSA) is 97.4 Å². The largest absolute Gasteiger partial charge is 0.448 e. The quantitative estimate of drug-likeness (QED) is 0.330. The maximum atomic E-state index is 13.2. The number of fused-ring (bicyclic) bond motifs is 3. The van der Waals surface area contributed by atoms with Crippen molar-refractivity contribution in [2.24, 2.45) is 0 Å². The normalized spacial score (nSPS) is 18.6. The summed E-state index contributed by atoms with van der Waals surface area (Å²) in [6.45, 7) is 4.53. The number of piperazine rings is 1. The predicted molar refractivity (Wildman–Crippen MR) is 154 cm³/mol. The number of carbonyl (C=O) groups is 3. The van der Waals surface area contributed by atoms with Gasteiger partial charge in [-0.2, -0.15) is 0 Å². The molecule has 1 atom stereocenters. The van der Waals surface area contributed by atoms with E-state index < -0.39 is 12.1 Å². The van der Waals surface area contributed by atoms with Gasteiger partial charge in [-0.3, -0.25) is 19.8 Å². The minimum absolute atomic E-state index is 0.0870. The number of ether oxygens (including phenoxy) is 3. The molecule has 3 aliphatic rings. The SMILES string of the molecule is CCC(=O)Oc1c(NC(=O)OCC2c3ccccc3-c3ccccc32)cccc1N1CCN([C@H]2CCOC2)CC1=O. The second kappa shape index (κ2) is 11.7. The first-order valence-corrected chi connectivity index (χ1v) is 14.1. The summed E-state index contributed by atoms with van der Waals surface area (Å²) in [5, 5.41) is 2.76. The molecule has 6 rings (SSSR count). The number of anilines is 2. The first-order valence-electron chi connectivity index (χ1n) is 14.1. The maximum absolute atomic E-state index is 13.2. The van der Waals surface area contributed by atoms with Crippen molar-refractivity contribution in [3.8, 4) is 16.9 Å². The van der Waals surface area contributed by atoms with Crippen LogP contribution < -0.4 is 15.0 Å². The Morgan fingerprint density at radius 2 is 1.71 bits per heavy atom. The molecule has 0 aromatic heterocycles. The van der Waals surface area contributed by atoms with Crippen LogP contribution in [0.15, 0.2) is 66.7 Å². The second-order valence-corrected chi connectivity index (χ2v) is 10.5. The molecular formula is C32H33N3O6. The standard InChI is InChI=1S/C32H33N3O6/c1-2-30(37)41-31-27(12-7-13-28(31)35-16-15-34(18-29(35)36)21-14-17-39-19-21)33-32(38)40-20-26-24-10-5-3-8-22(24)23-9-4-6-11-25(23)26/h3-13,21,26H,2,14-20H2,1H3,(H,33,38)/t21-/m0/s1. The van der Waals surface area contributed by atoms with Gasteiger partial charge < -0.3 is 19.1 Å². The summed E-state index contributed by atoms with van der Waals surface area (Å²) in [7, 11) is 0. The van der Waals surface area contributed by atoms with Gasteiger partial charge in [0.2, 0.25) is 5.91 Å². The zero-order valence-corrected chi connectivity index (χ0v) is 23.0. The molecule has 2 amide bonds. The van der Waals surface area contributed by atoms with Crippen molar-refractivity contribution in [3.63, 3.8) is 0 Å². The molecular weight excluding hydrogens is 522 g/mol. The Kier molecular flexibility index (Phi) is 7.71.